The highest BCUT2D eigenvalue weighted by molar-refractivity contribution is 5.72. The molecular formula is C10H13N3O3. The number of carbonyl (C=O) groups is 1. The van der Waals surface area contributed by atoms with E-state index >= 15 is 0 Å². The molecular weight excluding hydrogens is 210 g/mol. The standard InChI is InChI=1S/C10H13N3O3/c14-9(15)7-5-1-2-6(3-5)8(7)13-4-11-12-10(13)16/h4-8H,1-3H2,(H,12,16)(H,14,15). The van der Waals surface area contributed by atoms with Crippen LogP contribution in [0.5, 0.6) is 0 Å². The molecule has 0 aliphatic heterocycles. The van der Waals surface area contributed by atoms with Gasteiger partial charge in [0, 0.05) is 0 Å². The summed E-state index contributed by atoms with van der Waals surface area (Å²) in [4.78, 5) is 22.8. The number of rotatable bonds is 2. The summed E-state index contributed by atoms with van der Waals surface area (Å²) in [5.74, 6) is -0.657. The Labute approximate surface area is 91.3 Å². The lowest BCUT2D eigenvalue weighted by molar-refractivity contribution is -0.145. The number of aliphatic carboxylic acids is 1. The van der Waals surface area contributed by atoms with Crippen molar-refractivity contribution in [1.29, 1.82) is 0 Å². The molecule has 6 nitrogen and oxygen atoms in total. The molecule has 2 aliphatic rings. The second-order valence-corrected chi connectivity index (χ2v) is 4.76. The summed E-state index contributed by atoms with van der Waals surface area (Å²) in [6, 6.07) is -0.206. The van der Waals surface area contributed by atoms with Crippen LogP contribution >= 0.6 is 0 Å². The van der Waals surface area contributed by atoms with Crippen LogP contribution in [-0.4, -0.2) is 25.8 Å². The molecule has 2 saturated carbocycles. The number of H-pyrrole nitrogens is 1. The second kappa shape index (κ2) is 3.20. The fourth-order valence-corrected chi connectivity index (χ4v) is 3.48. The lowest BCUT2D eigenvalue weighted by Crippen LogP contribution is -2.35. The van der Waals surface area contributed by atoms with E-state index in [0.717, 1.165) is 19.3 Å². The molecule has 2 bridgehead atoms. The van der Waals surface area contributed by atoms with E-state index in [1.54, 1.807) is 0 Å². The third-order valence-electron chi connectivity index (χ3n) is 4.06. The number of carboxylic acid groups (broad SMARTS) is 1. The lowest BCUT2D eigenvalue weighted by atomic mass is 9.84. The van der Waals surface area contributed by atoms with Gasteiger partial charge in [0.25, 0.3) is 0 Å². The maximum absolute atomic E-state index is 11.5. The third kappa shape index (κ3) is 1.15. The van der Waals surface area contributed by atoms with Crippen molar-refractivity contribution in [2.45, 2.75) is 25.3 Å². The minimum atomic E-state index is -0.787. The molecule has 0 saturated heterocycles. The summed E-state index contributed by atoms with van der Waals surface area (Å²) in [6.07, 6.45) is 4.35. The first kappa shape index (κ1) is 9.62. The molecule has 0 aromatic carbocycles. The van der Waals surface area contributed by atoms with Crippen molar-refractivity contribution >= 4 is 5.97 Å². The van der Waals surface area contributed by atoms with Gasteiger partial charge in [0.15, 0.2) is 0 Å². The Morgan fingerprint density at radius 3 is 2.88 bits per heavy atom. The number of aromatic nitrogens is 3. The van der Waals surface area contributed by atoms with Gasteiger partial charge in [-0.2, -0.15) is 5.10 Å². The van der Waals surface area contributed by atoms with Crippen LogP contribution in [0.15, 0.2) is 11.1 Å². The van der Waals surface area contributed by atoms with E-state index < -0.39 is 11.9 Å². The Morgan fingerprint density at radius 2 is 2.25 bits per heavy atom. The van der Waals surface area contributed by atoms with Gasteiger partial charge in [-0.05, 0) is 31.1 Å². The van der Waals surface area contributed by atoms with Gasteiger partial charge in [-0.15, -0.1) is 0 Å². The van der Waals surface area contributed by atoms with Gasteiger partial charge in [-0.25, -0.2) is 9.89 Å². The summed E-state index contributed by atoms with van der Waals surface area (Å²) in [7, 11) is 0. The highest BCUT2D eigenvalue weighted by Gasteiger charge is 2.52. The largest absolute Gasteiger partial charge is 0.481 e. The average Bonchev–Trinajstić information content (AvgIpc) is 2.90. The molecule has 16 heavy (non-hydrogen) atoms. The molecule has 6 heteroatoms. The third-order valence-corrected chi connectivity index (χ3v) is 4.06. The summed E-state index contributed by atoms with van der Waals surface area (Å²) in [5, 5.41) is 15.3. The summed E-state index contributed by atoms with van der Waals surface area (Å²) < 4.78 is 1.46. The quantitative estimate of drug-likeness (QED) is 0.751. The van der Waals surface area contributed by atoms with Crippen LogP contribution < -0.4 is 5.69 Å². The van der Waals surface area contributed by atoms with Crippen molar-refractivity contribution in [3.63, 3.8) is 0 Å². The van der Waals surface area contributed by atoms with Gasteiger partial charge in [-0.3, -0.25) is 9.36 Å². The zero-order chi connectivity index (χ0) is 11.3. The Hall–Kier alpha value is -1.59. The van der Waals surface area contributed by atoms with Crippen LogP contribution in [0.1, 0.15) is 25.3 Å². The number of nitrogens with one attached hydrogen (secondary N) is 1. The molecule has 4 unspecified atom stereocenters. The number of hydrogen-bond donors (Lipinski definition) is 2. The molecule has 4 atom stereocenters. The van der Waals surface area contributed by atoms with Gasteiger partial charge in [0.2, 0.25) is 0 Å². The van der Waals surface area contributed by atoms with Crippen molar-refractivity contribution in [3.8, 4) is 0 Å². The SMILES string of the molecule is O=C(O)C1C2CCC(C2)C1n1cn[nH]c1=O. The molecule has 2 fully saturated rings. The van der Waals surface area contributed by atoms with Gasteiger partial charge in [0.1, 0.15) is 6.33 Å². The Morgan fingerprint density at radius 1 is 1.50 bits per heavy atom. The molecule has 1 aromatic rings. The van der Waals surface area contributed by atoms with E-state index in [9.17, 15) is 14.7 Å². The molecule has 86 valence electrons. The van der Waals surface area contributed by atoms with Gasteiger partial charge in [-0.1, -0.05) is 0 Å². The molecule has 1 heterocycles. The fraction of sp³-hybridized carbons (Fsp3) is 0.700. The molecule has 0 radical (unpaired) electrons. The normalized spacial score (nSPS) is 36.8. The second-order valence-electron chi connectivity index (χ2n) is 4.76. The maximum Gasteiger partial charge on any atom is 0.343 e. The lowest BCUT2D eigenvalue weighted by Gasteiger charge is -2.27. The Kier molecular flexibility index (Phi) is 1.92. The average molecular weight is 223 g/mol. The van der Waals surface area contributed by atoms with Crippen LogP contribution in [0.2, 0.25) is 0 Å². The number of carboxylic acids is 1. The van der Waals surface area contributed by atoms with E-state index in [-0.39, 0.29) is 17.6 Å². The Bertz CT molecular complexity index is 478. The summed E-state index contributed by atoms with van der Waals surface area (Å²) >= 11 is 0. The van der Waals surface area contributed by atoms with Crippen LogP contribution in [0.4, 0.5) is 0 Å². The van der Waals surface area contributed by atoms with Crippen molar-refractivity contribution in [1.82, 2.24) is 14.8 Å². The van der Waals surface area contributed by atoms with Crippen molar-refractivity contribution in [2.24, 2.45) is 17.8 Å². The van der Waals surface area contributed by atoms with Crippen molar-refractivity contribution in [3.05, 3.63) is 16.8 Å². The molecule has 1 aromatic heterocycles. The predicted octanol–water partition coefficient (Wildman–Crippen LogP) is 0.243. The van der Waals surface area contributed by atoms with E-state index in [1.807, 2.05) is 0 Å². The molecule has 2 aliphatic carbocycles. The van der Waals surface area contributed by atoms with Crippen LogP contribution in [0.25, 0.3) is 0 Å². The fourth-order valence-electron chi connectivity index (χ4n) is 3.48. The highest BCUT2D eigenvalue weighted by Crippen LogP contribution is 2.54. The van der Waals surface area contributed by atoms with E-state index in [4.69, 9.17) is 0 Å². The number of aromatic amines is 1. The molecule has 0 spiro atoms. The number of hydrogen-bond acceptors (Lipinski definition) is 3. The van der Waals surface area contributed by atoms with Crippen LogP contribution in [0.3, 0.4) is 0 Å². The first-order valence-corrected chi connectivity index (χ1v) is 5.53. The van der Waals surface area contributed by atoms with E-state index in [0.29, 0.717) is 5.92 Å². The van der Waals surface area contributed by atoms with Gasteiger partial charge in [0.05, 0.1) is 12.0 Å². The summed E-state index contributed by atoms with van der Waals surface area (Å²) in [6.45, 7) is 0. The maximum atomic E-state index is 11.5. The molecule has 3 rings (SSSR count). The highest BCUT2D eigenvalue weighted by atomic mass is 16.4. The van der Waals surface area contributed by atoms with E-state index in [2.05, 4.69) is 10.2 Å². The van der Waals surface area contributed by atoms with Crippen LogP contribution in [0, 0.1) is 17.8 Å². The minimum Gasteiger partial charge on any atom is -0.481 e. The van der Waals surface area contributed by atoms with Gasteiger partial charge < -0.3 is 5.11 Å². The minimum absolute atomic E-state index is 0.206. The summed E-state index contributed by atoms with van der Waals surface area (Å²) in [5.41, 5.74) is -0.302. The molecule has 2 N–H and O–H groups in total. The van der Waals surface area contributed by atoms with Gasteiger partial charge >= 0.3 is 11.7 Å². The zero-order valence-corrected chi connectivity index (χ0v) is 8.67. The molecule has 0 amide bonds. The first-order valence-electron chi connectivity index (χ1n) is 5.53. The van der Waals surface area contributed by atoms with E-state index in [1.165, 1.54) is 10.9 Å². The van der Waals surface area contributed by atoms with Crippen molar-refractivity contribution < 1.29 is 9.90 Å². The van der Waals surface area contributed by atoms with Crippen LogP contribution in [-0.2, 0) is 4.79 Å². The number of fused-ring (bicyclic) bond motifs is 2. The zero-order valence-electron chi connectivity index (χ0n) is 8.67. The topological polar surface area (TPSA) is 88.0 Å². The monoisotopic (exact) mass is 223 g/mol. The smallest absolute Gasteiger partial charge is 0.343 e. The van der Waals surface area contributed by atoms with Crippen molar-refractivity contribution in [2.75, 3.05) is 0 Å². The first-order chi connectivity index (χ1) is 7.68. The number of nitrogens with zero attached hydrogens (tertiary/aromatic N) is 2. The predicted molar refractivity (Wildman–Crippen MR) is 53.8 cm³/mol. The Balaban J connectivity index is 2.03.